The van der Waals surface area contributed by atoms with Gasteiger partial charge in [0, 0.05) is 31.0 Å². The van der Waals surface area contributed by atoms with Gasteiger partial charge in [-0.15, -0.1) is 0 Å². The van der Waals surface area contributed by atoms with Crippen molar-refractivity contribution in [2.75, 3.05) is 13.1 Å². The number of likely N-dealkylation sites (tertiary alicyclic amines) is 1. The van der Waals surface area contributed by atoms with Crippen molar-refractivity contribution < 1.29 is 19.4 Å². The molecule has 0 saturated carbocycles. The van der Waals surface area contributed by atoms with Crippen LogP contribution >= 0.6 is 11.6 Å². The number of hydrogen-bond acceptors (Lipinski definition) is 3. The summed E-state index contributed by atoms with van der Waals surface area (Å²) < 4.78 is 5.88. The third-order valence-corrected chi connectivity index (χ3v) is 4.13. The number of nitrogens with zero attached hydrogens (tertiary/aromatic N) is 1. The lowest BCUT2D eigenvalue weighted by molar-refractivity contribution is -0.135. The summed E-state index contributed by atoms with van der Waals surface area (Å²) in [5.74, 6) is 0.595. The molecule has 6 nitrogen and oxygen atoms in total. The third-order valence-electron chi connectivity index (χ3n) is 3.87. The number of carboxylic acid groups (broad SMARTS) is 1. The molecule has 23 heavy (non-hydrogen) atoms. The topological polar surface area (TPSA) is 78.9 Å². The summed E-state index contributed by atoms with van der Waals surface area (Å²) in [7, 11) is 0. The number of amides is 2. The van der Waals surface area contributed by atoms with Crippen molar-refractivity contribution in [3.63, 3.8) is 0 Å². The van der Waals surface area contributed by atoms with Crippen molar-refractivity contribution in [3.05, 3.63) is 29.3 Å². The molecule has 126 valence electrons. The quantitative estimate of drug-likeness (QED) is 0.863. The van der Waals surface area contributed by atoms with E-state index in [4.69, 9.17) is 21.4 Å². The Morgan fingerprint density at radius 2 is 1.96 bits per heavy atom. The molecule has 2 N–H and O–H groups in total. The highest BCUT2D eigenvalue weighted by Gasteiger charge is 2.28. The lowest BCUT2D eigenvalue weighted by Gasteiger charge is -2.34. The molecule has 1 aliphatic heterocycles. The fraction of sp³-hybridized carbons (Fsp3) is 0.500. The van der Waals surface area contributed by atoms with E-state index in [9.17, 15) is 9.59 Å². The van der Waals surface area contributed by atoms with Crippen LogP contribution in [0.1, 0.15) is 26.2 Å². The molecular formula is C16H21ClN2O4. The van der Waals surface area contributed by atoms with Crippen LogP contribution in [0.25, 0.3) is 0 Å². The van der Waals surface area contributed by atoms with Crippen LogP contribution in [0.2, 0.25) is 5.02 Å². The van der Waals surface area contributed by atoms with Crippen LogP contribution in [0.4, 0.5) is 4.79 Å². The van der Waals surface area contributed by atoms with E-state index in [-0.39, 0.29) is 12.0 Å². The van der Waals surface area contributed by atoms with E-state index >= 15 is 0 Å². The molecule has 0 bridgehead atoms. The van der Waals surface area contributed by atoms with Crippen LogP contribution in [0, 0.1) is 0 Å². The second kappa shape index (κ2) is 8.06. The van der Waals surface area contributed by atoms with Gasteiger partial charge in [-0.05, 0) is 30.7 Å². The maximum Gasteiger partial charge on any atom is 0.405 e. The highest BCUT2D eigenvalue weighted by Crippen LogP contribution is 2.21. The van der Waals surface area contributed by atoms with Crippen molar-refractivity contribution >= 4 is 23.6 Å². The van der Waals surface area contributed by atoms with Gasteiger partial charge in [0.15, 0.2) is 0 Å². The summed E-state index contributed by atoms with van der Waals surface area (Å²) in [6.07, 6.45) is 0.751. The third kappa shape index (κ3) is 5.03. The van der Waals surface area contributed by atoms with E-state index in [1.807, 2.05) is 12.1 Å². The minimum atomic E-state index is -1.17. The van der Waals surface area contributed by atoms with E-state index < -0.39 is 12.1 Å². The molecule has 7 heteroatoms. The Hall–Kier alpha value is -1.95. The summed E-state index contributed by atoms with van der Waals surface area (Å²) in [4.78, 5) is 24.7. The molecule has 1 heterocycles. The molecule has 1 aromatic carbocycles. The number of nitrogens with one attached hydrogen (secondary N) is 1. The second-order valence-electron chi connectivity index (χ2n) is 5.51. The van der Waals surface area contributed by atoms with Gasteiger partial charge < -0.3 is 20.1 Å². The van der Waals surface area contributed by atoms with Crippen LogP contribution in [-0.4, -0.2) is 47.2 Å². The van der Waals surface area contributed by atoms with Crippen molar-refractivity contribution in [1.29, 1.82) is 0 Å². The number of rotatable bonds is 5. The monoisotopic (exact) mass is 340 g/mol. The second-order valence-corrected chi connectivity index (χ2v) is 5.94. The van der Waals surface area contributed by atoms with Gasteiger partial charge in [-0.25, -0.2) is 4.79 Å². The predicted octanol–water partition coefficient (Wildman–Crippen LogP) is 2.76. The van der Waals surface area contributed by atoms with Gasteiger partial charge in [0.05, 0.1) is 0 Å². The first-order valence-electron chi connectivity index (χ1n) is 7.70. The molecule has 2 amide bonds. The molecule has 0 unspecified atom stereocenters. The molecule has 1 aromatic rings. The molecule has 2 rings (SSSR count). The fourth-order valence-electron chi connectivity index (χ4n) is 2.61. The Morgan fingerprint density at radius 3 is 2.48 bits per heavy atom. The highest BCUT2D eigenvalue weighted by molar-refractivity contribution is 6.30. The molecule has 1 saturated heterocycles. The smallest absolute Gasteiger partial charge is 0.405 e. The molecule has 0 aliphatic carbocycles. The standard InChI is InChI=1S/C16H21ClN2O4/c1-2-14(18-16(21)22)15(20)19-9-7-13(8-10-19)23-12-5-3-11(17)4-6-12/h3-6,13-14,18H,2,7-10H2,1H3,(H,21,22)/t14-/m0/s1. The van der Waals surface area contributed by atoms with Crippen LogP contribution in [0.5, 0.6) is 5.75 Å². The number of piperidine rings is 1. The largest absolute Gasteiger partial charge is 0.490 e. The Balaban J connectivity index is 1.84. The van der Waals surface area contributed by atoms with Crippen LogP contribution in [-0.2, 0) is 4.79 Å². The number of carbonyl (C=O) groups excluding carboxylic acids is 1. The summed E-state index contributed by atoms with van der Waals surface area (Å²) in [6, 6.07) is 6.52. The average molecular weight is 341 g/mol. The Morgan fingerprint density at radius 1 is 1.35 bits per heavy atom. The maximum atomic E-state index is 12.3. The Bertz CT molecular complexity index is 542. The fourth-order valence-corrected chi connectivity index (χ4v) is 2.73. The molecule has 0 radical (unpaired) electrons. The van der Waals surface area contributed by atoms with Gasteiger partial charge in [0.25, 0.3) is 0 Å². The van der Waals surface area contributed by atoms with Gasteiger partial charge >= 0.3 is 6.09 Å². The van der Waals surface area contributed by atoms with Gasteiger partial charge in [-0.1, -0.05) is 18.5 Å². The van der Waals surface area contributed by atoms with E-state index in [0.29, 0.717) is 24.5 Å². The summed E-state index contributed by atoms with van der Waals surface area (Å²) in [5, 5.41) is 11.7. The number of halogens is 1. The number of benzene rings is 1. The van der Waals surface area contributed by atoms with E-state index in [1.165, 1.54) is 0 Å². The first-order chi connectivity index (χ1) is 11.0. The molecule has 1 aliphatic rings. The Kier molecular flexibility index (Phi) is 6.10. The summed E-state index contributed by atoms with van der Waals surface area (Å²) in [6.45, 7) is 2.92. The van der Waals surface area contributed by atoms with E-state index in [2.05, 4.69) is 5.32 Å². The van der Waals surface area contributed by atoms with Gasteiger partial charge in [-0.3, -0.25) is 4.79 Å². The molecule has 1 atom stereocenters. The minimum absolute atomic E-state index is 0.0488. The van der Waals surface area contributed by atoms with Crippen molar-refractivity contribution in [1.82, 2.24) is 10.2 Å². The van der Waals surface area contributed by atoms with Gasteiger partial charge in [-0.2, -0.15) is 0 Å². The number of ether oxygens (including phenoxy) is 1. The first-order valence-corrected chi connectivity index (χ1v) is 8.08. The SMILES string of the molecule is CC[C@H](NC(=O)O)C(=O)N1CCC(Oc2ccc(Cl)cc2)CC1. The van der Waals surface area contributed by atoms with Gasteiger partial charge in [0.2, 0.25) is 5.91 Å². The highest BCUT2D eigenvalue weighted by atomic mass is 35.5. The normalized spacial score (nSPS) is 16.7. The zero-order valence-corrected chi connectivity index (χ0v) is 13.8. The van der Waals surface area contributed by atoms with Crippen LogP contribution < -0.4 is 10.1 Å². The van der Waals surface area contributed by atoms with E-state index in [0.717, 1.165) is 18.6 Å². The first kappa shape index (κ1) is 17.4. The predicted molar refractivity (Wildman–Crippen MR) is 86.9 cm³/mol. The van der Waals surface area contributed by atoms with Crippen LogP contribution in [0.15, 0.2) is 24.3 Å². The molecule has 0 spiro atoms. The average Bonchev–Trinajstić information content (AvgIpc) is 2.54. The minimum Gasteiger partial charge on any atom is -0.490 e. The summed E-state index contributed by atoms with van der Waals surface area (Å²) >= 11 is 5.84. The number of carbonyl (C=O) groups is 2. The summed E-state index contributed by atoms with van der Waals surface area (Å²) in [5.41, 5.74) is 0. The van der Waals surface area contributed by atoms with Crippen molar-refractivity contribution in [2.45, 2.75) is 38.3 Å². The van der Waals surface area contributed by atoms with Gasteiger partial charge in [0.1, 0.15) is 17.9 Å². The zero-order chi connectivity index (χ0) is 16.8. The van der Waals surface area contributed by atoms with E-state index in [1.54, 1.807) is 24.0 Å². The molecule has 1 fully saturated rings. The molecule has 0 aromatic heterocycles. The lowest BCUT2D eigenvalue weighted by atomic mass is 10.1. The Labute approximate surface area is 140 Å². The molecular weight excluding hydrogens is 320 g/mol. The zero-order valence-electron chi connectivity index (χ0n) is 13.0. The number of hydrogen-bond donors (Lipinski definition) is 2. The van der Waals surface area contributed by atoms with Crippen molar-refractivity contribution in [2.24, 2.45) is 0 Å². The lowest BCUT2D eigenvalue weighted by Crippen LogP contribution is -2.51. The van der Waals surface area contributed by atoms with Crippen molar-refractivity contribution in [3.8, 4) is 5.75 Å². The maximum absolute atomic E-state index is 12.3. The van der Waals surface area contributed by atoms with Crippen LogP contribution in [0.3, 0.4) is 0 Å².